The molecule has 98 valence electrons. The van der Waals surface area contributed by atoms with Crippen molar-refractivity contribution in [2.75, 3.05) is 5.32 Å². The summed E-state index contributed by atoms with van der Waals surface area (Å²) in [5.74, 6) is -1.99. The molecular formula is C11H7BrFN3O2S. The first-order valence-corrected chi connectivity index (χ1v) is 6.66. The van der Waals surface area contributed by atoms with E-state index in [9.17, 15) is 14.0 Å². The number of nitrogens with one attached hydrogen (secondary N) is 1. The largest absolute Gasteiger partial charge is 0.364 e. The summed E-state index contributed by atoms with van der Waals surface area (Å²) in [5.41, 5.74) is 4.98. The van der Waals surface area contributed by atoms with Crippen molar-refractivity contribution in [2.45, 2.75) is 0 Å². The summed E-state index contributed by atoms with van der Waals surface area (Å²) in [6.07, 6.45) is 0. The highest BCUT2D eigenvalue weighted by Gasteiger charge is 2.14. The lowest BCUT2D eigenvalue weighted by Crippen LogP contribution is -2.15. The van der Waals surface area contributed by atoms with Gasteiger partial charge in [-0.2, -0.15) is 0 Å². The number of aromatic nitrogens is 1. The van der Waals surface area contributed by atoms with Gasteiger partial charge in [-0.15, -0.1) is 11.3 Å². The molecule has 0 spiro atoms. The number of carbonyl (C=O) groups excluding carboxylic acids is 2. The van der Waals surface area contributed by atoms with Crippen LogP contribution in [0, 0.1) is 5.82 Å². The van der Waals surface area contributed by atoms with E-state index >= 15 is 0 Å². The van der Waals surface area contributed by atoms with Crippen molar-refractivity contribution in [3.63, 3.8) is 0 Å². The van der Waals surface area contributed by atoms with Crippen LogP contribution in [0.15, 0.2) is 28.1 Å². The molecule has 2 aromatic rings. The van der Waals surface area contributed by atoms with Crippen molar-refractivity contribution in [1.29, 1.82) is 0 Å². The van der Waals surface area contributed by atoms with Gasteiger partial charge >= 0.3 is 0 Å². The summed E-state index contributed by atoms with van der Waals surface area (Å²) < 4.78 is 14.1. The fourth-order valence-electron chi connectivity index (χ4n) is 1.28. The van der Waals surface area contributed by atoms with Gasteiger partial charge in [-0.3, -0.25) is 14.9 Å². The molecule has 0 fully saturated rings. The molecule has 0 bridgehead atoms. The second-order valence-corrected chi connectivity index (χ2v) is 5.25. The van der Waals surface area contributed by atoms with Crippen LogP contribution < -0.4 is 11.1 Å². The predicted octanol–water partition coefficient (Wildman–Crippen LogP) is 2.40. The Morgan fingerprint density at radius 3 is 2.74 bits per heavy atom. The van der Waals surface area contributed by atoms with Gasteiger partial charge in [-0.1, -0.05) is 15.9 Å². The second kappa shape index (κ2) is 5.45. The fourth-order valence-corrected chi connectivity index (χ4v) is 2.31. The molecule has 2 rings (SSSR count). The minimum absolute atomic E-state index is 0.0524. The molecule has 0 saturated carbocycles. The molecular weight excluding hydrogens is 337 g/mol. The van der Waals surface area contributed by atoms with Crippen molar-refractivity contribution < 1.29 is 14.0 Å². The van der Waals surface area contributed by atoms with E-state index in [1.807, 2.05) is 0 Å². The number of amides is 2. The molecule has 2 amide bonds. The minimum Gasteiger partial charge on any atom is -0.364 e. The minimum atomic E-state index is -0.688. The maximum atomic E-state index is 13.6. The van der Waals surface area contributed by atoms with Crippen molar-refractivity contribution in [3.05, 3.63) is 45.1 Å². The highest BCUT2D eigenvalue weighted by molar-refractivity contribution is 9.10. The smallest absolute Gasteiger partial charge is 0.268 e. The maximum absolute atomic E-state index is 13.6. The Morgan fingerprint density at radius 1 is 1.42 bits per heavy atom. The van der Waals surface area contributed by atoms with E-state index in [1.54, 1.807) is 6.07 Å². The molecule has 0 atom stereocenters. The lowest BCUT2D eigenvalue weighted by Gasteiger charge is -2.03. The SMILES string of the molecule is NC(=O)c1csc(NC(=O)c2ccc(Br)cc2F)n1. The Morgan fingerprint density at radius 2 is 2.16 bits per heavy atom. The summed E-state index contributed by atoms with van der Waals surface area (Å²) in [6, 6.07) is 4.08. The summed E-state index contributed by atoms with van der Waals surface area (Å²) in [6.45, 7) is 0. The Labute approximate surface area is 119 Å². The van der Waals surface area contributed by atoms with Crippen LogP contribution in [0.25, 0.3) is 0 Å². The third-order valence-corrected chi connectivity index (χ3v) is 3.40. The van der Waals surface area contributed by atoms with Crippen LogP contribution in [0.4, 0.5) is 9.52 Å². The molecule has 0 aliphatic carbocycles. The van der Waals surface area contributed by atoms with Crippen LogP contribution in [0.1, 0.15) is 20.8 Å². The van der Waals surface area contributed by atoms with Gasteiger partial charge in [-0.25, -0.2) is 9.37 Å². The Hall–Kier alpha value is -1.80. The zero-order valence-electron chi connectivity index (χ0n) is 9.31. The quantitative estimate of drug-likeness (QED) is 0.897. The number of thiazole rings is 1. The van der Waals surface area contributed by atoms with E-state index in [2.05, 4.69) is 26.2 Å². The Bertz CT molecular complexity index is 659. The van der Waals surface area contributed by atoms with Gasteiger partial charge in [0, 0.05) is 9.85 Å². The normalized spacial score (nSPS) is 10.2. The molecule has 5 nitrogen and oxygen atoms in total. The summed E-state index contributed by atoms with van der Waals surface area (Å²) in [4.78, 5) is 26.5. The standard InChI is InChI=1S/C11H7BrFN3O2S/c12-5-1-2-6(7(13)3-5)10(18)16-11-15-8(4-19-11)9(14)17/h1-4H,(H2,14,17)(H,15,16,18). The lowest BCUT2D eigenvalue weighted by molar-refractivity contribution is 0.0991. The van der Waals surface area contributed by atoms with Gasteiger partial charge in [-0.05, 0) is 18.2 Å². The van der Waals surface area contributed by atoms with Gasteiger partial charge < -0.3 is 5.73 Å². The zero-order valence-corrected chi connectivity index (χ0v) is 11.7. The number of anilines is 1. The molecule has 0 aliphatic rings. The van der Waals surface area contributed by atoms with E-state index in [0.717, 1.165) is 11.3 Å². The Balaban J connectivity index is 2.18. The van der Waals surface area contributed by atoms with Crippen molar-refractivity contribution >= 4 is 44.2 Å². The molecule has 1 aromatic carbocycles. The Kier molecular flexibility index (Phi) is 3.91. The average molecular weight is 344 g/mol. The molecule has 3 N–H and O–H groups in total. The van der Waals surface area contributed by atoms with E-state index in [0.29, 0.717) is 4.47 Å². The van der Waals surface area contributed by atoms with E-state index in [-0.39, 0.29) is 16.4 Å². The van der Waals surface area contributed by atoms with E-state index in [1.165, 1.54) is 17.5 Å². The maximum Gasteiger partial charge on any atom is 0.268 e. The number of carbonyl (C=O) groups is 2. The number of hydrogen-bond acceptors (Lipinski definition) is 4. The average Bonchev–Trinajstić information content (AvgIpc) is 2.77. The first kappa shape index (κ1) is 13.6. The van der Waals surface area contributed by atoms with Gasteiger partial charge in [0.05, 0.1) is 5.56 Å². The third-order valence-electron chi connectivity index (χ3n) is 2.15. The monoisotopic (exact) mass is 343 g/mol. The molecule has 8 heteroatoms. The van der Waals surface area contributed by atoms with Gasteiger partial charge in [0.2, 0.25) is 0 Å². The number of rotatable bonds is 3. The zero-order chi connectivity index (χ0) is 14.0. The van der Waals surface area contributed by atoms with Crippen molar-refractivity contribution in [1.82, 2.24) is 4.98 Å². The number of nitrogens with two attached hydrogens (primary N) is 1. The summed E-state index contributed by atoms with van der Waals surface area (Å²) in [5, 5.41) is 3.99. The summed E-state index contributed by atoms with van der Waals surface area (Å²) >= 11 is 4.13. The third kappa shape index (κ3) is 3.15. The van der Waals surface area contributed by atoms with Crippen LogP contribution in [-0.4, -0.2) is 16.8 Å². The van der Waals surface area contributed by atoms with Crippen molar-refractivity contribution in [3.8, 4) is 0 Å². The van der Waals surface area contributed by atoms with Gasteiger partial charge in [0.25, 0.3) is 11.8 Å². The number of benzene rings is 1. The molecule has 19 heavy (non-hydrogen) atoms. The first-order valence-electron chi connectivity index (χ1n) is 4.99. The molecule has 1 heterocycles. The number of nitrogens with zero attached hydrogens (tertiary/aromatic N) is 1. The summed E-state index contributed by atoms with van der Waals surface area (Å²) in [7, 11) is 0. The van der Waals surface area contributed by atoms with Crippen LogP contribution >= 0.6 is 27.3 Å². The van der Waals surface area contributed by atoms with Gasteiger partial charge in [0.15, 0.2) is 5.13 Å². The molecule has 0 radical (unpaired) electrons. The van der Waals surface area contributed by atoms with Crippen LogP contribution in [0.5, 0.6) is 0 Å². The van der Waals surface area contributed by atoms with E-state index in [4.69, 9.17) is 5.73 Å². The second-order valence-electron chi connectivity index (χ2n) is 3.48. The van der Waals surface area contributed by atoms with Crippen LogP contribution in [0.3, 0.4) is 0 Å². The molecule has 0 saturated heterocycles. The number of hydrogen-bond donors (Lipinski definition) is 2. The first-order chi connectivity index (χ1) is 8.97. The van der Waals surface area contributed by atoms with Crippen molar-refractivity contribution in [2.24, 2.45) is 5.73 Å². The molecule has 1 aromatic heterocycles. The van der Waals surface area contributed by atoms with Gasteiger partial charge in [0.1, 0.15) is 11.5 Å². The number of halogens is 2. The fraction of sp³-hybridized carbons (Fsp3) is 0. The lowest BCUT2D eigenvalue weighted by atomic mass is 10.2. The number of primary amides is 1. The predicted molar refractivity (Wildman–Crippen MR) is 72.7 cm³/mol. The molecule has 0 unspecified atom stereocenters. The van der Waals surface area contributed by atoms with Crippen LogP contribution in [0.2, 0.25) is 0 Å². The molecule has 0 aliphatic heterocycles. The van der Waals surface area contributed by atoms with Crippen LogP contribution in [-0.2, 0) is 0 Å². The highest BCUT2D eigenvalue weighted by Crippen LogP contribution is 2.19. The topological polar surface area (TPSA) is 85.1 Å². The van der Waals surface area contributed by atoms with E-state index < -0.39 is 17.6 Å². The highest BCUT2D eigenvalue weighted by atomic mass is 79.9.